The van der Waals surface area contributed by atoms with Crippen molar-refractivity contribution in [3.63, 3.8) is 0 Å². The Labute approximate surface area is 212 Å². The molecule has 0 spiro atoms. The molecule has 2 amide bonds. The number of hydrogen-bond donors (Lipinski definition) is 2. The Balaban J connectivity index is 1.57. The molecule has 11 heteroatoms. The fraction of sp³-hybridized carbons (Fsp3) is 0.304. The number of aromatic nitrogens is 3. The summed E-state index contributed by atoms with van der Waals surface area (Å²) in [7, 11) is 1.60. The molecule has 2 aromatic carbocycles. The molecule has 0 saturated heterocycles. The molecule has 3 rings (SSSR count). The van der Waals surface area contributed by atoms with Gasteiger partial charge in [0, 0.05) is 12.2 Å². The Kier molecular flexibility index (Phi) is 9.20. The summed E-state index contributed by atoms with van der Waals surface area (Å²) in [6.07, 6.45) is 0.241. The molecule has 0 aliphatic rings. The maximum atomic E-state index is 12.5. The Morgan fingerprint density at radius 1 is 1.09 bits per heavy atom. The van der Waals surface area contributed by atoms with Gasteiger partial charge in [-0.3, -0.25) is 9.59 Å². The molecule has 0 bridgehead atoms. The molecule has 0 aliphatic carbocycles. The van der Waals surface area contributed by atoms with Gasteiger partial charge in [-0.1, -0.05) is 47.1 Å². The molecule has 0 unspecified atom stereocenters. The monoisotopic (exact) mass is 521 g/mol. The lowest BCUT2D eigenvalue weighted by Crippen LogP contribution is -2.30. The van der Waals surface area contributed by atoms with Crippen molar-refractivity contribution in [2.24, 2.45) is 0 Å². The summed E-state index contributed by atoms with van der Waals surface area (Å²) in [6, 6.07) is 11.9. The van der Waals surface area contributed by atoms with Crippen molar-refractivity contribution in [1.82, 2.24) is 20.1 Å². The van der Waals surface area contributed by atoms with Crippen molar-refractivity contribution in [1.29, 1.82) is 0 Å². The van der Waals surface area contributed by atoms with Crippen LogP contribution in [0.25, 0.3) is 0 Å². The predicted molar refractivity (Wildman–Crippen MR) is 135 cm³/mol. The van der Waals surface area contributed by atoms with Crippen molar-refractivity contribution in [3.8, 4) is 5.75 Å². The predicted octanol–water partition coefficient (Wildman–Crippen LogP) is 4.76. The fourth-order valence-corrected chi connectivity index (χ4v) is 4.32. The molecular formula is C23H25Cl2N5O3S. The van der Waals surface area contributed by atoms with E-state index < -0.39 is 0 Å². The topological polar surface area (TPSA) is 98.1 Å². The van der Waals surface area contributed by atoms with Gasteiger partial charge in [0.15, 0.2) is 11.0 Å². The largest absolute Gasteiger partial charge is 0.497 e. The highest BCUT2D eigenvalue weighted by Crippen LogP contribution is 2.26. The molecule has 0 aliphatic heterocycles. The van der Waals surface area contributed by atoms with E-state index in [0.29, 0.717) is 33.3 Å². The SMILES string of the molecule is CCn1c(SCC(=O)Nc2ccc(Cl)c(Cl)c2)nnc1[C@@H](C)NC(=O)Cc1ccc(OC)cc1. The molecule has 1 atom stereocenters. The van der Waals surface area contributed by atoms with E-state index in [4.69, 9.17) is 27.9 Å². The van der Waals surface area contributed by atoms with Crippen LogP contribution in [0.2, 0.25) is 10.0 Å². The van der Waals surface area contributed by atoms with E-state index in [9.17, 15) is 9.59 Å². The number of carbonyl (C=O) groups excluding carboxylic acids is 2. The number of rotatable bonds is 10. The molecule has 180 valence electrons. The van der Waals surface area contributed by atoms with Gasteiger partial charge in [-0.25, -0.2) is 0 Å². The second-order valence-electron chi connectivity index (χ2n) is 7.36. The number of hydrogen-bond acceptors (Lipinski definition) is 6. The van der Waals surface area contributed by atoms with Crippen molar-refractivity contribution in [2.75, 3.05) is 18.2 Å². The second-order valence-corrected chi connectivity index (χ2v) is 9.12. The van der Waals surface area contributed by atoms with Gasteiger partial charge in [0.25, 0.3) is 0 Å². The lowest BCUT2D eigenvalue weighted by Gasteiger charge is -2.15. The van der Waals surface area contributed by atoms with E-state index in [-0.39, 0.29) is 30.0 Å². The van der Waals surface area contributed by atoms with Crippen LogP contribution in [0.15, 0.2) is 47.6 Å². The average molecular weight is 522 g/mol. The normalized spacial score (nSPS) is 11.7. The summed E-state index contributed by atoms with van der Waals surface area (Å²) in [4.78, 5) is 24.9. The van der Waals surface area contributed by atoms with Crippen molar-refractivity contribution in [2.45, 2.75) is 38.0 Å². The summed E-state index contributed by atoms with van der Waals surface area (Å²) >= 11 is 13.2. The van der Waals surface area contributed by atoms with E-state index in [1.165, 1.54) is 11.8 Å². The maximum Gasteiger partial charge on any atom is 0.234 e. The van der Waals surface area contributed by atoms with Crippen molar-refractivity contribution < 1.29 is 14.3 Å². The summed E-state index contributed by atoms with van der Waals surface area (Å²) in [5, 5.41) is 15.6. The average Bonchev–Trinajstić information content (AvgIpc) is 3.23. The minimum absolute atomic E-state index is 0.126. The zero-order valence-electron chi connectivity index (χ0n) is 19.0. The number of methoxy groups -OCH3 is 1. The quantitative estimate of drug-likeness (QED) is 0.373. The van der Waals surface area contributed by atoms with Crippen LogP contribution in [0.3, 0.4) is 0 Å². The summed E-state index contributed by atoms with van der Waals surface area (Å²) in [5.41, 5.74) is 1.44. The smallest absolute Gasteiger partial charge is 0.234 e. The number of thioether (sulfide) groups is 1. The number of nitrogens with one attached hydrogen (secondary N) is 2. The van der Waals surface area contributed by atoms with Gasteiger partial charge in [-0.05, 0) is 49.7 Å². The molecular weight excluding hydrogens is 497 g/mol. The highest BCUT2D eigenvalue weighted by molar-refractivity contribution is 7.99. The first-order chi connectivity index (χ1) is 16.3. The highest BCUT2D eigenvalue weighted by atomic mass is 35.5. The number of anilines is 1. The zero-order valence-corrected chi connectivity index (χ0v) is 21.3. The van der Waals surface area contributed by atoms with Crippen LogP contribution >= 0.6 is 35.0 Å². The van der Waals surface area contributed by atoms with Crippen LogP contribution in [0, 0.1) is 0 Å². The number of nitrogens with zero attached hydrogens (tertiary/aromatic N) is 3. The molecule has 34 heavy (non-hydrogen) atoms. The first-order valence-electron chi connectivity index (χ1n) is 10.5. The number of ether oxygens (including phenoxy) is 1. The molecule has 1 heterocycles. The number of carbonyl (C=O) groups is 2. The third-order valence-corrected chi connectivity index (χ3v) is 6.59. The van der Waals surface area contributed by atoms with Gasteiger partial charge < -0.3 is 19.9 Å². The van der Waals surface area contributed by atoms with Crippen LogP contribution in [0.4, 0.5) is 5.69 Å². The molecule has 1 aromatic heterocycles. The Morgan fingerprint density at radius 2 is 1.82 bits per heavy atom. The van der Waals surface area contributed by atoms with Gasteiger partial charge in [0.1, 0.15) is 5.75 Å². The van der Waals surface area contributed by atoms with E-state index >= 15 is 0 Å². The third-order valence-electron chi connectivity index (χ3n) is 4.89. The second kappa shape index (κ2) is 12.1. The minimum atomic E-state index is -0.349. The lowest BCUT2D eigenvalue weighted by molar-refractivity contribution is -0.121. The van der Waals surface area contributed by atoms with E-state index in [1.54, 1.807) is 25.3 Å². The van der Waals surface area contributed by atoms with Crippen molar-refractivity contribution in [3.05, 3.63) is 63.9 Å². The Bertz CT molecular complexity index is 1150. The van der Waals surface area contributed by atoms with Crippen LogP contribution in [-0.2, 0) is 22.6 Å². The first-order valence-corrected chi connectivity index (χ1v) is 12.3. The van der Waals surface area contributed by atoms with E-state index in [0.717, 1.165) is 11.3 Å². The number of amides is 2. The maximum absolute atomic E-state index is 12.5. The summed E-state index contributed by atoms with van der Waals surface area (Å²) < 4.78 is 7.03. The van der Waals surface area contributed by atoms with Gasteiger partial charge in [-0.15, -0.1) is 10.2 Å². The number of halogens is 2. The van der Waals surface area contributed by atoms with Gasteiger partial charge >= 0.3 is 0 Å². The lowest BCUT2D eigenvalue weighted by atomic mass is 10.1. The van der Waals surface area contributed by atoms with E-state index in [2.05, 4.69) is 20.8 Å². The zero-order chi connectivity index (χ0) is 24.7. The molecule has 3 aromatic rings. The fourth-order valence-electron chi connectivity index (χ4n) is 3.21. The Morgan fingerprint density at radius 3 is 2.47 bits per heavy atom. The minimum Gasteiger partial charge on any atom is -0.497 e. The Hall–Kier alpha value is -2.75. The third kappa shape index (κ3) is 6.88. The van der Waals surface area contributed by atoms with Gasteiger partial charge in [0.05, 0.1) is 35.4 Å². The van der Waals surface area contributed by atoms with Crippen LogP contribution in [0.1, 0.15) is 31.3 Å². The van der Waals surface area contributed by atoms with Gasteiger partial charge in [0.2, 0.25) is 11.8 Å². The molecule has 8 nitrogen and oxygen atoms in total. The molecule has 0 saturated carbocycles. The van der Waals surface area contributed by atoms with Crippen LogP contribution < -0.4 is 15.4 Å². The molecule has 2 N–H and O–H groups in total. The standard InChI is InChI=1S/C23H25Cl2N5O3S/c1-4-30-22(14(2)26-20(31)11-15-5-8-17(33-3)9-6-15)28-29-23(30)34-13-21(32)27-16-7-10-18(24)19(25)12-16/h5-10,12,14H,4,11,13H2,1-3H3,(H,26,31)(H,27,32)/t14-/m1/s1. The van der Waals surface area contributed by atoms with E-state index in [1.807, 2.05) is 42.7 Å². The molecule has 0 fully saturated rings. The summed E-state index contributed by atoms with van der Waals surface area (Å²) in [5.74, 6) is 1.16. The number of benzene rings is 2. The highest BCUT2D eigenvalue weighted by Gasteiger charge is 2.20. The van der Waals surface area contributed by atoms with Crippen LogP contribution in [-0.4, -0.2) is 39.4 Å². The first kappa shape index (κ1) is 25.9. The molecule has 0 radical (unpaired) electrons. The van der Waals surface area contributed by atoms with Gasteiger partial charge in [-0.2, -0.15) is 0 Å². The van der Waals surface area contributed by atoms with Crippen molar-refractivity contribution >= 4 is 52.5 Å². The van der Waals surface area contributed by atoms with Crippen LogP contribution in [0.5, 0.6) is 5.75 Å². The summed E-state index contributed by atoms with van der Waals surface area (Å²) in [6.45, 7) is 4.41.